The number of halogens is 1. The van der Waals surface area contributed by atoms with Crippen LogP contribution < -0.4 is 10.9 Å². The fourth-order valence-electron chi connectivity index (χ4n) is 4.69. The molecule has 1 N–H and O–H groups in total. The lowest BCUT2D eigenvalue weighted by Crippen LogP contribution is -2.43. The smallest absolute Gasteiger partial charge is 0.276 e. The molecule has 31 heavy (non-hydrogen) atoms. The van der Waals surface area contributed by atoms with Crippen LogP contribution in [0.4, 0.5) is 4.39 Å². The van der Waals surface area contributed by atoms with Gasteiger partial charge in [0.15, 0.2) is 0 Å². The van der Waals surface area contributed by atoms with E-state index in [4.69, 9.17) is 0 Å². The first-order valence-electron chi connectivity index (χ1n) is 10.9. The van der Waals surface area contributed by atoms with Gasteiger partial charge in [0, 0.05) is 29.4 Å². The van der Waals surface area contributed by atoms with Gasteiger partial charge in [0.1, 0.15) is 12.4 Å². The number of amides is 1. The molecule has 7 heteroatoms. The molecule has 2 atom stereocenters. The number of rotatable bonds is 5. The van der Waals surface area contributed by atoms with Gasteiger partial charge in [-0.1, -0.05) is 31.9 Å². The first-order valence-corrected chi connectivity index (χ1v) is 10.9. The summed E-state index contributed by atoms with van der Waals surface area (Å²) in [7, 11) is 0. The highest BCUT2D eigenvalue weighted by Crippen LogP contribution is 2.24. The lowest BCUT2D eigenvalue weighted by atomic mass is 9.86. The van der Waals surface area contributed by atoms with Gasteiger partial charge in [0.2, 0.25) is 5.91 Å². The van der Waals surface area contributed by atoms with Gasteiger partial charge in [-0.05, 0) is 50.3 Å². The third-order valence-corrected chi connectivity index (χ3v) is 6.61. The Kier molecular flexibility index (Phi) is 5.94. The summed E-state index contributed by atoms with van der Waals surface area (Å²) in [5.41, 5.74) is 2.43. The van der Waals surface area contributed by atoms with Gasteiger partial charge in [-0.3, -0.25) is 9.59 Å². The van der Waals surface area contributed by atoms with Crippen LogP contribution in [0.3, 0.4) is 0 Å². The average Bonchev–Trinajstić information content (AvgIpc) is 2.98. The van der Waals surface area contributed by atoms with E-state index in [1.807, 2.05) is 18.4 Å². The van der Waals surface area contributed by atoms with Crippen LogP contribution >= 0.6 is 0 Å². The highest BCUT2D eigenvalue weighted by molar-refractivity contribution is 5.87. The summed E-state index contributed by atoms with van der Waals surface area (Å²) in [6.07, 6.45) is 6.10. The van der Waals surface area contributed by atoms with Crippen molar-refractivity contribution in [1.29, 1.82) is 0 Å². The lowest BCUT2D eigenvalue weighted by Gasteiger charge is -2.29. The molecule has 0 saturated heterocycles. The van der Waals surface area contributed by atoms with Crippen molar-refractivity contribution in [3.05, 3.63) is 63.6 Å². The standard InChI is InChI=1S/C24H29FN4O2/c1-15-6-4-5-7-21(15)27-22(30)14-29-24(31)23-17(3)28(16(2)20(23)12-26-29)13-18-8-10-19(25)11-9-18/h8-12,15,21H,4-7,13-14H2,1-3H3,(H,27,30)/t15-,21-/m0/s1. The number of fused-ring (bicyclic) bond motifs is 1. The van der Waals surface area contributed by atoms with E-state index in [1.165, 1.54) is 23.2 Å². The van der Waals surface area contributed by atoms with E-state index in [2.05, 4.69) is 17.3 Å². The summed E-state index contributed by atoms with van der Waals surface area (Å²) in [5.74, 6) is 0.00548. The van der Waals surface area contributed by atoms with Crippen molar-refractivity contribution < 1.29 is 9.18 Å². The molecule has 164 valence electrons. The summed E-state index contributed by atoms with van der Waals surface area (Å²) in [5, 5.41) is 8.72. The molecule has 0 bridgehead atoms. The first-order chi connectivity index (χ1) is 14.8. The molecule has 0 radical (unpaired) electrons. The van der Waals surface area contributed by atoms with E-state index < -0.39 is 0 Å². The molecule has 2 aromatic heterocycles. The molecule has 1 aliphatic carbocycles. The molecule has 1 amide bonds. The third kappa shape index (κ3) is 4.27. The van der Waals surface area contributed by atoms with E-state index >= 15 is 0 Å². The van der Waals surface area contributed by atoms with Crippen LogP contribution in [0.25, 0.3) is 10.8 Å². The minimum atomic E-state index is -0.275. The fraction of sp³-hybridized carbons (Fsp3) is 0.458. The minimum Gasteiger partial charge on any atom is -0.351 e. The highest BCUT2D eigenvalue weighted by Gasteiger charge is 2.23. The zero-order valence-corrected chi connectivity index (χ0v) is 18.3. The zero-order chi connectivity index (χ0) is 22.1. The normalized spacial score (nSPS) is 19.0. The second-order valence-corrected chi connectivity index (χ2v) is 8.72. The molecule has 1 aromatic carbocycles. The Morgan fingerprint density at radius 1 is 1.16 bits per heavy atom. The molecule has 0 unspecified atom stereocenters. The van der Waals surface area contributed by atoms with Crippen LogP contribution in [0.5, 0.6) is 0 Å². The number of benzene rings is 1. The van der Waals surface area contributed by atoms with Crippen molar-refractivity contribution in [3.63, 3.8) is 0 Å². The number of carbonyl (C=O) groups is 1. The molecule has 6 nitrogen and oxygen atoms in total. The van der Waals surface area contributed by atoms with Crippen molar-refractivity contribution in [2.75, 3.05) is 0 Å². The molecule has 2 heterocycles. The molecule has 0 spiro atoms. The SMILES string of the molecule is Cc1c2cnn(CC(=O)N[C@H]3CCCC[C@@H]3C)c(=O)c2c(C)n1Cc1ccc(F)cc1. The van der Waals surface area contributed by atoms with E-state index in [9.17, 15) is 14.0 Å². The Balaban J connectivity index is 1.59. The van der Waals surface area contributed by atoms with Crippen molar-refractivity contribution in [2.24, 2.45) is 5.92 Å². The highest BCUT2D eigenvalue weighted by atomic mass is 19.1. The quantitative estimate of drug-likeness (QED) is 0.679. The van der Waals surface area contributed by atoms with E-state index in [0.29, 0.717) is 17.8 Å². The van der Waals surface area contributed by atoms with Crippen LogP contribution in [-0.2, 0) is 17.9 Å². The van der Waals surface area contributed by atoms with Crippen molar-refractivity contribution in [1.82, 2.24) is 19.7 Å². The number of carbonyl (C=O) groups excluding carboxylic acids is 1. The minimum absolute atomic E-state index is 0.0837. The number of hydrogen-bond donors (Lipinski definition) is 1. The van der Waals surface area contributed by atoms with Crippen LogP contribution in [0.15, 0.2) is 35.3 Å². The van der Waals surface area contributed by atoms with Gasteiger partial charge in [-0.2, -0.15) is 5.10 Å². The molecule has 1 saturated carbocycles. The maximum Gasteiger partial charge on any atom is 0.276 e. The zero-order valence-electron chi connectivity index (χ0n) is 18.3. The average molecular weight is 425 g/mol. The largest absolute Gasteiger partial charge is 0.351 e. The van der Waals surface area contributed by atoms with Crippen molar-refractivity contribution in [3.8, 4) is 0 Å². The Morgan fingerprint density at radius 3 is 2.58 bits per heavy atom. The summed E-state index contributed by atoms with van der Waals surface area (Å²) in [6, 6.07) is 6.52. The molecular formula is C24H29FN4O2. The second-order valence-electron chi connectivity index (χ2n) is 8.72. The number of nitrogens with zero attached hydrogens (tertiary/aromatic N) is 3. The molecular weight excluding hydrogens is 395 g/mol. The Morgan fingerprint density at radius 2 is 1.87 bits per heavy atom. The lowest BCUT2D eigenvalue weighted by molar-refractivity contribution is -0.123. The molecule has 1 fully saturated rings. The summed E-state index contributed by atoms with van der Waals surface area (Å²) in [4.78, 5) is 25.8. The van der Waals surface area contributed by atoms with Crippen LogP contribution in [-0.4, -0.2) is 26.3 Å². The second kappa shape index (κ2) is 8.65. The predicted molar refractivity (Wildman–Crippen MR) is 119 cm³/mol. The first kappa shape index (κ1) is 21.3. The van der Waals surface area contributed by atoms with Gasteiger partial charge in [-0.25, -0.2) is 9.07 Å². The van der Waals surface area contributed by atoms with Gasteiger partial charge >= 0.3 is 0 Å². The van der Waals surface area contributed by atoms with Crippen LogP contribution in [0, 0.1) is 25.6 Å². The third-order valence-electron chi connectivity index (χ3n) is 6.61. The summed E-state index contributed by atoms with van der Waals surface area (Å²) in [6.45, 7) is 6.46. The Labute approximate surface area is 181 Å². The number of aryl methyl sites for hydroxylation is 2. The van der Waals surface area contributed by atoms with Crippen molar-refractivity contribution in [2.45, 2.75) is 65.6 Å². The van der Waals surface area contributed by atoms with Crippen LogP contribution in [0.2, 0.25) is 0 Å². The maximum atomic E-state index is 13.2. The topological polar surface area (TPSA) is 68.9 Å². The molecule has 0 aliphatic heterocycles. The predicted octanol–water partition coefficient (Wildman–Crippen LogP) is 3.70. The monoisotopic (exact) mass is 424 g/mol. The number of hydrogen-bond acceptors (Lipinski definition) is 3. The van der Waals surface area contributed by atoms with Gasteiger partial charge in [0.05, 0.1) is 11.6 Å². The van der Waals surface area contributed by atoms with E-state index in [0.717, 1.165) is 41.6 Å². The van der Waals surface area contributed by atoms with Gasteiger partial charge < -0.3 is 9.88 Å². The molecule has 3 aromatic rings. The van der Waals surface area contributed by atoms with E-state index in [-0.39, 0.29) is 29.9 Å². The molecule has 1 aliphatic rings. The van der Waals surface area contributed by atoms with Crippen LogP contribution in [0.1, 0.15) is 49.6 Å². The fourth-order valence-corrected chi connectivity index (χ4v) is 4.69. The maximum absolute atomic E-state index is 13.2. The van der Waals surface area contributed by atoms with Gasteiger partial charge in [-0.15, -0.1) is 0 Å². The summed E-state index contributed by atoms with van der Waals surface area (Å²) >= 11 is 0. The van der Waals surface area contributed by atoms with Gasteiger partial charge in [0.25, 0.3) is 5.56 Å². The Hall–Kier alpha value is -2.96. The Bertz CT molecular complexity index is 1160. The molecule has 4 rings (SSSR count). The number of nitrogens with one attached hydrogen (secondary N) is 1. The summed E-state index contributed by atoms with van der Waals surface area (Å²) < 4.78 is 16.5. The van der Waals surface area contributed by atoms with Crippen molar-refractivity contribution >= 4 is 16.7 Å². The van der Waals surface area contributed by atoms with E-state index in [1.54, 1.807) is 18.3 Å². The number of aromatic nitrogens is 3.